The average Bonchev–Trinajstić information content (AvgIpc) is 3.15. The van der Waals surface area contributed by atoms with Crippen LogP contribution in [0, 0.1) is 0 Å². The molecule has 0 fully saturated rings. The number of rotatable bonds is 6. The first-order chi connectivity index (χ1) is 12.4. The Bertz CT molecular complexity index is 907. The lowest BCUT2D eigenvalue weighted by Crippen LogP contribution is -2.05. The third-order valence-corrected chi connectivity index (χ3v) is 3.78. The molecule has 2 aromatic rings. The van der Waals surface area contributed by atoms with Gasteiger partial charge >= 0.3 is 0 Å². The van der Waals surface area contributed by atoms with Crippen LogP contribution in [0.25, 0.3) is 11.4 Å². The molecule has 0 unspecified atom stereocenters. The Hall–Kier alpha value is -3.34. The molecule has 0 saturated heterocycles. The van der Waals surface area contributed by atoms with Gasteiger partial charge in [0.05, 0.1) is 5.69 Å². The maximum atomic E-state index is 5.88. The van der Waals surface area contributed by atoms with Crippen molar-refractivity contribution in [2.24, 2.45) is 0 Å². The molecule has 2 aliphatic rings. The number of ether oxygens (including phenoxy) is 2. The molecular formula is C20H17N3O2. The van der Waals surface area contributed by atoms with E-state index in [2.05, 4.69) is 15.0 Å². The minimum Gasteiger partial charge on any atom is -0.471 e. The zero-order valence-electron chi connectivity index (χ0n) is 13.6. The van der Waals surface area contributed by atoms with Gasteiger partial charge in [0.1, 0.15) is 18.9 Å². The number of nitrogens with zero attached hydrogens (tertiary/aromatic N) is 2. The van der Waals surface area contributed by atoms with Crippen molar-refractivity contribution < 1.29 is 9.47 Å². The van der Waals surface area contributed by atoms with Crippen LogP contribution in [0.4, 0.5) is 0 Å². The third kappa shape index (κ3) is 3.61. The lowest BCUT2D eigenvalue weighted by atomic mass is 10.2. The first kappa shape index (κ1) is 15.2. The van der Waals surface area contributed by atoms with Crippen LogP contribution in [0.2, 0.25) is 0 Å². The molecule has 1 N–H and O–H groups in total. The van der Waals surface area contributed by atoms with E-state index in [-0.39, 0.29) is 0 Å². The van der Waals surface area contributed by atoms with Crippen LogP contribution in [0.1, 0.15) is 11.1 Å². The Kier molecular flexibility index (Phi) is 4.29. The molecule has 2 aliphatic heterocycles. The van der Waals surface area contributed by atoms with Gasteiger partial charge in [-0.25, -0.2) is 4.98 Å². The normalized spacial score (nSPS) is 10.7. The molecule has 5 nitrogen and oxygen atoms in total. The van der Waals surface area contributed by atoms with Gasteiger partial charge in [-0.15, -0.1) is 0 Å². The fourth-order valence-corrected chi connectivity index (χ4v) is 2.52. The summed E-state index contributed by atoms with van der Waals surface area (Å²) >= 11 is 0. The van der Waals surface area contributed by atoms with Gasteiger partial charge in [-0.1, -0.05) is 60.7 Å². The van der Waals surface area contributed by atoms with Crippen LogP contribution in [-0.2, 0) is 13.2 Å². The number of aromatic amines is 1. The van der Waals surface area contributed by atoms with Crippen LogP contribution in [-0.4, -0.2) is 15.0 Å². The topological polar surface area (TPSA) is 60.0 Å². The predicted molar refractivity (Wildman–Crippen MR) is 94.6 cm³/mol. The van der Waals surface area contributed by atoms with Crippen LogP contribution in [0.5, 0.6) is 11.9 Å². The number of nitrogens with one attached hydrogen (secondary N) is 1. The number of hydrogen-bond acceptors (Lipinski definition) is 4. The lowest BCUT2D eigenvalue weighted by molar-refractivity contribution is 0.259. The molecule has 2 aromatic carbocycles. The highest BCUT2D eigenvalue weighted by Crippen LogP contribution is 2.30. The SMILES string of the molecule is c1ccc(COc2nc(OCc3ccccc3)c3nccc-3[nH]2)cc1. The van der Waals surface area contributed by atoms with E-state index >= 15 is 0 Å². The zero-order chi connectivity index (χ0) is 16.9. The summed E-state index contributed by atoms with van der Waals surface area (Å²) in [4.78, 5) is 11.9. The van der Waals surface area contributed by atoms with E-state index < -0.39 is 0 Å². The van der Waals surface area contributed by atoms with Crippen LogP contribution < -0.4 is 9.47 Å². The van der Waals surface area contributed by atoms with E-state index in [9.17, 15) is 0 Å². The molecule has 0 bridgehead atoms. The molecule has 4 rings (SSSR count). The molecule has 25 heavy (non-hydrogen) atoms. The third-order valence-electron chi connectivity index (χ3n) is 3.78. The Morgan fingerprint density at radius 2 is 1.40 bits per heavy atom. The predicted octanol–water partition coefficient (Wildman–Crippen LogP) is 4.07. The summed E-state index contributed by atoms with van der Waals surface area (Å²) < 4.78 is 11.7. The minimum absolute atomic E-state index is 0.410. The number of aromatic nitrogens is 3. The van der Waals surface area contributed by atoms with E-state index in [1.165, 1.54) is 0 Å². The second-order valence-electron chi connectivity index (χ2n) is 5.60. The lowest BCUT2D eigenvalue weighted by Gasteiger charge is -2.12. The van der Waals surface area contributed by atoms with Gasteiger partial charge in [0.2, 0.25) is 5.88 Å². The molecule has 5 heteroatoms. The standard InChI is InChI=1S/C20H17N3O2/c1-3-7-15(8-4-1)13-24-19-18-17(11-12-21-18)22-20(23-19)25-14-16-9-5-2-6-10-16/h1-12H,13-14H2,(H,22,23). The second-order valence-corrected chi connectivity index (χ2v) is 5.60. The molecule has 0 saturated carbocycles. The highest BCUT2D eigenvalue weighted by atomic mass is 16.5. The summed E-state index contributed by atoms with van der Waals surface area (Å²) in [6, 6.07) is 22.2. The molecule has 0 spiro atoms. The highest BCUT2D eigenvalue weighted by Gasteiger charge is 2.16. The van der Waals surface area contributed by atoms with E-state index in [4.69, 9.17) is 9.47 Å². The van der Waals surface area contributed by atoms with Gasteiger partial charge in [-0.2, -0.15) is 4.98 Å². The van der Waals surface area contributed by atoms with Gasteiger partial charge in [-0.05, 0) is 17.2 Å². The van der Waals surface area contributed by atoms with E-state index in [0.29, 0.717) is 30.8 Å². The number of benzene rings is 2. The molecule has 0 amide bonds. The molecule has 0 aromatic heterocycles. The quantitative estimate of drug-likeness (QED) is 0.578. The van der Waals surface area contributed by atoms with Crippen LogP contribution in [0.3, 0.4) is 0 Å². The van der Waals surface area contributed by atoms with Crippen molar-refractivity contribution >= 4 is 0 Å². The largest absolute Gasteiger partial charge is 0.471 e. The summed E-state index contributed by atoms with van der Waals surface area (Å²) in [5.74, 6) is 0.464. The maximum Gasteiger partial charge on any atom is 0.297 e. The van der Waals surface area contributed by atoms with Crippen molar-refractivity contribution in [2.75, 3.05) is 0 Å². The summed E-state index contributed by atoms with van der Waals surface area (Å²) in [5, 5.41) is 0. The van der Waals surface area contributed by atoms with Gasteiger partial charge in [0.15, 0.2) is 0 Å². The smallest absolute Gasteiger partial charge is 0.297 e. The molecular weight excluding hydrogens is 314 g/mol. The monoisotopic (exact) mass is 331 g/mol. The van der Waals surface area contributed by atoms with Crippen LogP contribution in [0.15, 0.2) is 72.9 Å². The summed E-state index contributed by atoms with van der Waals surface area (Å²) in [6.45, 7) is 0.861. The van der Waals surface area contributed by atoms with Gasteiger partial charge < -0.3 is 14.5 Å². The van der Waals surface area contributed by atoms with Crippen molar-refractivity contribution in [1.82, 2.24) is 15.0 Å². The fourth-order valence-electron chi connectivity index (χ4n) is 2.52. The fraction of sp³-hybridized carbons (Fsp3) is 0.100. The summed E-state index contributed by atoms with van der Waals surface area (Å²) in [5.41, 5.74) is 3.68. The molecule has 0 radical (unpaired) electrons. The van der Waals surface area contributed by atoms with E-state index in [0.717, 1.165) is 16.8 Å². The number of hydrogen-bond donors (Lipinski definition) is 1. The Morgan fingerprint density at radius 1 is 0.760 bits per heavy atom. The van der Waals surface area contributed by atoms with Crippen molar-refractivity contribution in [3.63, 3.8) is 0 Å². The zero-order valence-corrected chi connectivity index (χ0v) is 13.6. The Morgan fingerprint density at radius 3 is 2.08 bits per heavy atom. The summed E-state index contributed by atoms with van der Waals surface area (Å²) in [7, 11) is 0. The number of fused-ring (bicyclic) bond motifs is 1. The van der Waals surface area contributed by atoms with Gasteiger partial charge in [0, 0.05) is 6.20 Å². The van der Waals surface area contributed by atoms with Crippen molar-refractivity contribution in [2.45, 2.75) is 13.2 Å². The first-order valence-corrected chi connectivity index (χ1v) is 8.07. The molecule has 2 heterocycles. The minimum atomic E-state index is 0.410. The molecule has 0 aliphatic carbocycles. The maximum absolute atomic E-state index is 5.88. The van der Waals surface area contributed by atoms with Gasteiger partial charge in [0.25, 0.3) is 6.01 Å². The average molecular weight is 331 g/mol. The van der Waals surface area contributed by atoms with Crippen molar-refractivity contribution in [3.05, 3.63) is 84.1 Å². The van der Waals surface area contributed by atoms with Crippen molar-refractivity contribution in [3.8, 4) is 23.3 Å². The first-order valence-electron chi connectivity index (χ1n) is 8.07. The van der Waals surface area contributed by atoms with Crippen LogP contribution >= 0.6 is 0 Å². The summed E-state index contributed by atoms with van der Waals surface area (Å²) in [6.07, 6.45) is 1.72. The number of H-pyrrole nitrogens is 1. The van der Waals surface area contributed by atoms with E-state index in [1.54, 1.807) is 6.20 Å². The molecule has 124 valence electrons. The Balaban J connectivity index is 1.53. The second kappa shape index (κ2) is 7.05. The molecule has 0 atom stereocenters. The van der Waals surface area contributed by atoms with Crippen molar-refractivity contribution in [1.29, 1.82) is 0 Å². The highest BCUT2D eigenvalue weighted by molar-refractivity contribution is 5.62. The van der Waals surface area contributed by atoms with Gasteiger partial charge in [-0.3, -0.25) is 0 Å². The van der Waals surface area contributed by atoms with E-state index in [1.807, 2.05) is 66.7 Å². The Labute approximate surface area is 145 Å².